The van der Waals surface area contributed by atoms with Crippen LogP contribution in [0.2, 0.25) is 0 Å². The van der Waals surface area contributed by atoms with Crippen molar-refractivity contribution in [3.63, 3.8) is 0 Å². The van der Waals surface area contributed by atoms with E-state index < -0.39 is 11.5 Å². The standard InChI is InChI=1S/C23H28N2O2.C9H17NO2/c1-5-19(27-20-14-18-11-13-24-22(18)25-15-20)10-12-23(4,17(3)26)21-9-7-6-8-16(21)2;1-4-7(8(11)5-2)10-9(12)6-3/h6-9,11,13-15,19H,5,10,12H2,1-4H3,(H,24,25);6-8,11H,3-5H2,1-2H3,(H,10,12)/t19?,23-;/m1./s1. The summed E-state index contributed by atoms with van der Waals surface area (Å²) in [6.07, 6.45) is 8.26. The zero-order valence-electron chi connectivity index (χ0n) is 24.3. The maximum Gasteiger partial charge on any atom is 0.243 e. The lowest BCUT2D eigenvalue weighted by Gasteiger charge is -2.30. The maximum atomic E-state index is 12.5. The van der Waals surface area contributed by atoms with E-state index in [1.54, 1.807) is 13.1 Å². The number of aromatic amines is 1. The van der Waals surface area contributed by atoms with Crippen LogP contribution in [0.25, 0.3) is 11.0 Å². The number of ketones is 1. The second-order valence-corrected chi connectivity index (χ2v) is 10.2. The van der Waals surface area contributed by atoms with E-state index in [2.05, 4.69) is 54.8 Å². The van der Waals surface area contributed by atoms with E-state index in [1.807, 2.05) is 44.3 Å². The number of carbonyl (C=O) groups excluding carboxylic acids is 2. The molecule has 2 heterocycles. The number of carbonyl (C=O) groups is 2. The molecule has 0 aliphatic heterocycles. The van der Waals surface area contributed by atoms with Gasteiger partial charge in [0.1, 0.15) is 17.2 Å². The van der Waals surface area contributed by atoms with Crippen LogP contribution in [0.15, 0.2) is 61.4 Å². The molecule has 0 aliphatic carbocycles. The first-order chi connectivity index (χ1) is 18.6. The van der Waals surface area contributed by atoms with Crippen molar-refractivity contribution in [1.29, 1.82) is 0 Å². The van der Waals surface area contributed by atoms with E-state index in [1.165, 1.54) is 6.08 Å². The number of amides is 1. The minimum absolute atomic E-state index is 0.0471. The lowest BCUT2D eigenvalue weighted by Crippen LogP contribution is -2.41. The van der Waals surface area contributed by atoms with Crippen LogP contribution in [0, 0.1) is 6.92 Å². The van der Waals surface area contributed by atoms with Crippen LogP contribution in [0.4, 0.5) is 0 Å². The monoisotopic (exact) mass is 535 g/mol. The summed E-state index contributed by atoms with van der Waals surface area (Å²) in [6.45, 7) is 15.1. The highest BCUT2D eigenvalue weighted by atomic mass is 16.5. The number of nitrogens with zero attached hydrogens (tertiary/aromatic N) is 1. The van der Waals surface area contributed by atoms with Gasteiger partial charge in [0.2, 0.25) is 5.91 Å². The fourth-order valence-corrected chi connectivity index (χ4v) is 4.66. The predicted molar refractivity (Wildman–Crippen MR) is 158 cm³/mol. The van der Waals surface area contributed by atoms with Gasteiger partial charge in [0.05, 0.1) is 29.9 Å². The molecule has 0 saturated heterocycles. The van der Waals surface area contributed by atoms with E-state index in [0.29, 0.717) is 6.42 Å². The number of aliphatic hydroxyl groups excluding tert-OH is 1. The zero-order valence-corrected chi connectivity index (χ0v) is 24.3. The fraction of sp³-hybridized carbons (Fsp3) is 0.469. The van der Waals surface area contributed by atoms with Gasteiger partial charge in [0.25, 0.3) is 0 Å². The molecule has 0 aliphatic rings. The number of rotatable bonds is 13. The number of aliphatic hydroxyl groups is 1. The lowest BCUT2D eigenvalue weighted by molar-refractivity contribution is -0.122. The Hall–Kier alpha value is -3.45. The SMILES string of the molecule is C=CC(=O)NC(CC)C(O)CC.CCC(CC[C@](C)(C(C)=O)c1ccccc1C)Oc1cnc2[nH]ccc2c1. The van der Waals surface area contributed by atoms with Crippen molar-refractivity contribution in [1.82, 2.24) is 15.3 Å². The summed E-state index contributed by atoms with van der Waals surface area (Å²) in [4.78, 5) is 30.9. The summed E-state index contributed by atoms with van der Waals surface area (Å²) in [6, 6.07) is 12.0. The first kappa shape index (κ1) is 31.8. The number of aromatic nitrogens is 2. The first-order valence-electron chi connectivity index (χ1n) is 13.9. The minimum Gasteiger partial charge on any atom is -0.489 e. The molecule has 0 saturated carbocycles. The number of pyridine rings is 1. The van der Waals surface area contributed by atoms with E-state index >= 15 is 0 Å². The molecule has 1 aromatic carbocycles. The molecule has 3 unspecified atom stereocenters. The van der Waals surface area contributed by atoms with Gasteiger partial charge in [0.15, 0.2) is 0 Å². The molecule has 0 bridgehead atoms. The summed E-state index contributed by atoms with van der Waals surface area (Å²) >= 11 is 0. The molecule has 7 heteroatoms. The molecule has 212 valence electrons. The first-order valence-corrected chi connectivity index (χ1v) is 13.9. The zero-order chi connectivity index (χ0) is 29.0. The molecule has 3 aromatic rings. The van der Waals surface area contributed by atoms with Crippen LogP contribution >= 0.6 is 0 Å². The van der Waals surface area contributed by atoms with Crippen molar-refractivity contribution in [2.45, 2.75) is 97.3 Å². The Labute approximate surface area is 233 Å². The van der Waals surface area contributed by atoms with Crippen LogP contribution in [0.1, 0.15) is 77.8 Å². The van der Waals surface area contributed by atoms with Crippen molar-refractivity contribution >= 4 is 22.7 Å². The highest BCUT2D eigenvalue weighted by Crippen LogP contribution is 2.34. The number of hydrogen-bond acceptors (Lipinski definition) is 5. The largest absolute Gasteiger partial charge is 0.489 e. The van der Waals surface area contributed by atoms with Gasteiger partial charge in [0, 0.05) is 11.6 Å². The van der Waals surface area contributed by atoms with Gasteiger partial charge in [-0.25, -0.2) is 4.98 Å². The highest BCUT2D eigenvalue weighted by Gasteiger charge is 2.33. The molecule has 0 radical (unpaired) electrons. The molecule has 4 atom stereocenters. The van der Waals surface area contributed by atoms with Crippen LogP contribution in [0.5, 0.6) is 5.75 Å². The molecule has 3 N–H and O–H groups in total. The van der Waals surface area contributed by atoms with Crippen molar-refractivity contribution in [2.24, 2.45) is 0 Å². The van der Waals surface area contributed by atoms with Crippen LogP contribution in [-0.2, 0) is 15.0 Å². The van der Waals surface area contributed by atoms with E-state index in [0.717, 1.165) is 53.6 Å². The number of benzene rings is 1. The summed E-state index contributed by atoms with van der Waals surface area (Å²) in [5.74, 6) is 0.741. The smallest absolute Gasteiger partial charge is 0.243 e. The average Bonchev–Trinajstić information content (AvgIpc) is 3.41. The third-order valence-corrected chi connectivity index (χ3v) is 7.45. The number of hydrogen-bond donors (Lipinski definition) is 3. The summed E-state index contributed by atoms with van der Waals surface area (Å²) in [5.41, 5.74) is 2.64. The van der Waals surface area contributed by atoms with Crippen LogP contribution in [0.3, 0.4) is 0 Å². The Kier molecular flexibility index (Phi) is 12.4. The average molecular weight is 536 g/mol. The Balaban J connectivity index is 0.000000377. The number of fused-ring (bicyclic) bond motifs is 1. The Bertz CT molecular complexity index is 1220. The van der Waals surface area contributed by atoms with Crippen molar-refractivity contribution < 1.29 is 19.4 Å². The van der Waals surface area contributed by atoms with Crippen LogP contribution in [-0.4, -0.2) is 45.0 Å². The Morgan fingerprint density at radius 1 is 1.18 bits per heavy atom. The predicted octanol–water partition coefficient (Wildman–Crippen LogP) is 6.19. The number of aryl methyl sites for hydroxylation is 1. The number of ether oxygens (including phenoxy) is 1. The quantitative estimate of drug-likeness (QED) is 0.226. The Morgan fingerprint density at radius 3 is 2.49 bits per heavy atom. The van der Waals surface area contributed by atoms with Gasteiger partial charge in [-0.2, -0.15) is 0 Å². The van der Waals surface area contributed by atoms with Crippen molar-refractivity contribution in [3.8, 4) is 5.75 Å². The normalized spacial score (nSPS) is 14.7. The van der Waals surface area contributed by atoms with Gasteiger partial charge in [-0.1, -0.05) is 51.6 Å². The fourth-order valence-electron chi connectivity index (χ4n) is 4.66. The van der Waals surface area contributed by atoms with Gasteiger partial charge >= 0.3 is 0 Å². The van der Waals surface area contributed by atoms with Crippen molar-refractivity contribution in [2.75, 3.05) is 0 Å². The number of nitrogens with one attached hydrogen (secondary N) is 2. The molecular formula is C32H45N3O4. The Morgan fingerprint density at radius 2 is 1.90 bits per heavy atom. The maximum absolute atomic E-state index is 12.5. The number of Topliss-reactive ketones (excluding diaryl/α,β-unsaturated/α-hetero) is 1. The second kappa shape index (κ2) is 15.2. The van der Waals surface area contributed by atoms with E-state index in [-0.39, 0.29) is 23.8 Å². The van der Waals surface area contributed by atoms with E-state index in [9.17, 15) is 14.7 Å². The van der Waals surface area contributed by atoms with Crippen LogP contribution < -0.4 is 10.1 Å². The molecule has 3 rings (SSSR count). The number of H-pyrrole nitrogens is 1. The lowest BCUT2D eigenvalue weighted by atomic mass is 9.73. The molecular weight excluding hydrogens is 490 g/mol. The molecule has 1 amide bonds. The highest BCUT2D eigenvalue weighted by molar-refractivity contribution is 5.88. The molecule has 39 heavy (non-hydrogen) atoms. The molecule has 7 nitrogen and oxygen atoms in total. The van der Waals surface area contributed by atoms with E-state index in [4.69, 9.17) is 4.74 Å². The van der Waals surface area contributed by atoms with Gasteiger partial charge < -0.3 is 20.1 Å². The summed E-state index contributed by atoms with van der Waals surface area (Å²) < 4.78 is 6.19. The topological polar surface area (TPSA) is 104 Å². The third kappa shape index (κ3) is 8.79. The molecule has 0 fully saturated rings. The van der Waals surface area contributed by atoms with Crippen molar-refractivity contribution in [3.05, 3.63) is 72.6 Å². The third-order valence-electron chi connectivity index (χ3n) is 7.45. The second-order valence-electron chi connectivity index (χ2n) is 10.2. The summed E-state index contributed by atoms with van der Waals surface area (Å²) in [5, 5.41) is 13.1. The molecule has 0 spiro atoms. The molecule has 2 aromatic heterocycles. The summed E-state index contributed by atoms with van der Waals surface area (Å²) in [7, 11) is 0. The minimum atomic E-state index is -0.495. The van der Waals surface area contributed by atoms with Gasteiger partial charge in [-0.15, -0.1) is 0 Å². The van der Waals surface area contributed by atoms with Gasteiger partial charge in [-0.3, -0.25) is 9.59 Å². The van der Waals surface area contributed by atoms with Gasteiger partial charge in [-0.05, 0) is 82.2 Å².